The van der Waals surface area contributed by atoms with Crippen LogP contribution in [-0.2, 0) is 23.1 Å². The molecule has 230 valence electrons. The van der Waals surface area contributed by atoms with Crippen molar-refractivity contribution in [1.82, 2.24) is 40.2 Å². The van der Waals surface area contributed by atoms with Gasteiger partial charge in [0.2, 0.25) is 10.0 Å². The van der Waals surface area contributed by atoms with Crippen LogP contribution in [0.25, 0.3) is 55.7 Å². The molecule has 1 aliphatic rings. The maximum Gasteiger partial charge on any atom is 0.209 e. The molecule has 0 aliphatic heterocycles. The summed E-state index contributed by atoms with van der Waals surface area (Å²) in [7, 11) is -3.43. The van der Waals surface area contributed by atoms with Crippen LogP contribution >= 0.6 is 0 Å². The predicted octanol–water partition coefficient (Wildman–Crippen LogP) is 5.70. The quantitative estimate of drug-likeness (QED) is 0.153. The normalized spacial score (nSPS) is 14.2. The summed E-state index contributed by atoms with van der Waals surface area (Å²) >= 11 is 0. The highest BCUT2D eigenvalue weighted by Gasteiger charge is 2.17. The Balaban J connectivity index is 1.19. The molecule has 0 saturated heterocycles. The van der Waals surface area contributed by atoms with E-state index in [-0.39, 0.29) is 6.54 Å². The van der Waals surface area contributed by atoms with Crippen LogP contribution in [-0.4, -0.2) is 51.4 Å². The molecule has 5 aromatic heterocycles. The molecule has 1 aromatic carbocycles. The van der Waals surface area contributed by atoms with Gasteiger partial charge in [0.25, 0.3) is 0 Å². The van der Waals surface area contributed by atoms with Crippen LogP contribution in [0.3, 0.4) is 0 Å². The van der Waals surface area contributed by atoms with Crippen molar-refractivity contribution in [2.75, 3.05) is 12.8 Å². The standard InChI is InChI=1S/C33H33FN8O2S/c1-45(43,44)39-17-21-8-23(11-25(34)10-21)32-26-13-30(40-28(26)6-7-37-32)33-27-12-29(38-19-31(27)41-42-33)24-9-22(16-36-18-24)15-35-14-20-4-2-3-5-20/h6-13,16,18-20,35,39-40H,2-5,14-15,17H2,1H3,(H,41,42). The third kappa shape index (κ3) is 6.48. The van der Waals surface area contributed by atoms with Crippen LogP contribution in [0.2, 0.25) is 0 Å². The predicted molar refractivity (Wildman–Crippen MR) is 173 cm³/mol. The lowest BCUT2D eigenvalue weighted by Gasteiger charge is -2.11. The van der Waals surface area contributed by atoms with E-state index in [4.69, 9.17) is 0 Å². The van der Waals surface area contributed by atoms with Gasteiger partial charge in [-0.2, -0.15) is 5.10 Å². The fourth-order valence-electron chi connectivity index (χ4n) is 6.15. The fourth-order valence-corrected chi connectivity index (χ4v) is 6.58. The Bertz CT molecular complexity index is 2120. The third-order valence-electron chi connectivity index (χ3n) is 8.35. The fraction of sp³-hybridized carbons (Fsp3) is 0.273. The van der Waals surface area contributed by atoms with Crippen molar-refractivity contribution in [3.8, 4) is 33.9 Å². The Hall–Kier alpha value is -4.52. The number of hydrogen-bond donors (Lipinski definition) is 4. The summed E-state index contributed by atoms with van der Waals surface area (Å²) in [6.45, 7) is 1.78. The number of halogens is 1. The minimum atomic E-state index is -3.43. The highest BCUT2D eigenvalue weighted by molar-refractivity contribution is 7.88. The van der Waals surface area contributed by atoms with Crippen molar-refractivity contribution in [1.29, 1.82) is 0 Å². The van der Waals surface area contributed by atoms with Gasteiger partial charge in [-0.15, -0.1) is 0 Å². The average Bonchev–Trinajstić information content (AvgIpc) is 3.79. The van der Waals surface area contributed by atoms with Gasteiger partial charge in [-0.3, -0.25) is 20.1 Å². The number of aromatic amines is 2. The largest absolute Gasteiger partial charge is 0.353 e. The summed E-state index contributed by atoms with van der Waals surface area (Å²) in [5.41, 5.74) is 7.53. The molecule has 0 amide bonds. The van der Waals surface area contributed by atoms with Gasteiger partial charge >= 0.3 is 0 Å². The molecule has 6 aromatic rings. The Morgan fingerprint density at radius 3 is 2.56 bits per heavy atom. The van der Waals surface area contributed by atoms with E-state index >= 15 is 0 Å². The molecule has 0 atom stereocenters. The van der Waals surface area contributed by atoms with E-state index in [1.54, 1.807) is 18.5 Å². The van der Waals surface area contributed by atoms with Crippen LogP contribution in [0.15, 0.2) is 67.3 Å². The number of nitrogens with one attached hydrogen (secondary N) is 4. The van der Waals surface area contributed by atoms with Crippen molar-refractivity contribution >= 4 is 31.8 Å². The summed E-state index contributed by atoms with van der Waals surface area (Å²) < 4.78 is 40.2. The molecular formula is C33H33FN8O2S. The van der Waals surface area contributed by atoms with Gasteiger partial charge in [0, 0.05) is 59.1 Å². The lowest BCUT2D eigenvalue weighted by Crippen LogP contribution is -2.21. The Morgan fingerprint density at radius 1 is 0.889 bits per heavy atom. The number of aromatic nitrogens is 6. The highest BCUT2D eigenvalue weighted by atomic mass is 32.2. The monoisotopic (exact) mass is 624 g/mol. The Kier molecular flexibility index (Phi) is 7.86. The first kappa shape index (κ1) is 29.2. The van der Waals surface area contributed by atoms with Gasteiger partial charge in [-0.25, -0.2) is 17.5 Å². The molecule has 1 saturated carbocycles. The summed E-state index contributed by atoms with van der Waals surface area (Å²) in [5.74, 6) is 0.297. The summed E-state index contributed by atoms with van der Waals surface area (Å²) in [6.07, 6.45) is 13.5. The van der Waals surface area contributed by atoms with Crippen molar-refractivity contribution < 1.29 is 12.8 Å². The second-order valence-electron chi connectivity index (χ2n) is 11.8. The van der Waals surface area contributed by atoms with E-state index in [2.05, 4.69) is 46.2 Å². The smallest absolute Gasteiger partial charge is 0.209 e. The lowest BCUT2D eigenvalue weighted by atomic mass is 10.0. The summed E-state index contributed by atoms with van der Waals surface area (Å²) in [6, 6.07) is 12.4. The first-order valence-electron chi connectivity index (χ1n) is 15.0. The second-order valence-corrected chi connectivity index (χ2v) is 13.6. The first-order chi connectivity index (χ1) is 21.8. The topological polar surface area (TPSA) is 141 Å². The zero-order valence-electron chi connectivity index (χ0n) is 24.8. The van der Waals surface area contributed by atoms with Gasteiger partial charge in [-0.1, -0.05) is 12.8 Å². The van der Waals surface area contributed by atoms with Crippen LogP contribution < -0.4 is 10.0 Å². The first-order valence-corrected chi connectivity index (χ1v) is 16.9. The number of fused-ring (bicyclic) bond motifs is 2. The summed E-state index contributed by atoms with van der Waals surface area (Å²) in [4.78, 5) is 17.2. The van der Waals surface area contributed by atoms with Gasteiger partial charge in [0.05, 0.1) is 35.1 Å². The molecule has 0 radical (unpaired) electrons. The molecule has 0 unspecified atom stereocenters. The molecule has 0 bridgehead atoms. The lowest BCUT2D eigenvalue weighted by molar-refractivity contribution is 0.489. The number of hydrogen-bond acceptors (Lipinski definition) is 7. The van der Waals surface area contributed by atoms with Gasteiger partial charge in [-0.05, 0) is 78.9 Å². The molecule has 5 heterocycles. The van der Waals surface area contributed by atoms with Crippen molar-refractivity contribution in [3.63, 3.8) is 0 Å². The number of pyridine rings is 3. The van der Waals surface area contributed by atoms with Gasteiger partial charge in [0.1, 0.15) is 11.5 Å². The number of rotatable bonds is 10. The summed E-state index contributed by atoms with van der Waals surface area (Å²) in [5, 5.41) is 13.0. The van der Waals surface area contributed by atoms with E-state index in [1.165, 1.54) is 37.8 Å². The molecule has 1 aliphatic carbocycles. The number of benzene rings is 1. The minimum absolute atomic E-state index is 0.0248. The molecule has 10 nitrogen and oxygen atoms in total. The van der Waals surface area contributed by atoms with E-state index < -0.39 is 15.8 Å². The third-order valence-corrected chi connectivity index (χ3v) is 9.02. The van der Waals surface area contributed by atoms with Crippen molar-refractivity contribution in [2.24, 2.45) is 5.92 Å². The molecule has 1 fully saturated rings. The van der Waals surface area contributed by atoms with Gasteiger partial charge in [0.15, 0.2) is 0 Å². The minimum Gasteiger partial charge on any atom is -0.353 e. The molecule has 12 heteroatoms. The Morgan fingerprint density at radius 2 is 1.71 bits per heavy atom. The molecule has 0 spiro atoms. The van der Waals surface area contributed by atoms with Crippen molar-refractivity contribution in [2.45, 2.75) is 38.8 Å². The molecule has 45 heavy (non-hydrogen) atoms. The maximum absolute atomic E-state index is 14.6. The van der Waals surface area contributed by atoms with Crippen LogP contribution in [0.5, 0.6) is 0 Å². The zero-order chi connectivity index (χ0) is 31.0. The van der Waals surface area contributed by atoms with E-state index in [0.29, 0.717) is 16.8 Å². The van der Waals surface area contributed by atoms with E-state index in [0.717, 1.165) is 75.3 Å². The SMILES string of the molecule is CS(=O)(=O)NCc1cc(F)cc(-c2nccc3[nH]c(-c4n[nH]c5cnc(-c6cncc(CNCC7CCCC7)c6)cc45)cc23)c1. The number of nitrogens with zero attached hydrogens (tertiary/aromatic N) is 4. The Labute approximate surface area is 260 Å². The molecule has 4 N–H and O–H groups in total. The van der Waals surface area contributed by atoms with Crippen molar-refractivity contribution in [3.05, 3.63) is 84.2 Å². The number of H-pyrrole nitrogens is 2. The molecular weight excluding hydrogens is 591 g/mol. The van der Waals surface area contributed by atoms with Gasteiger partial charge < -0.3 is 10.3 Å². The van der Waals surface area contributed by atoms with E-state index in [9.17, 15) is 12.8 Å². The maximum atomic E-state index is 14.6. The van der Waals surface area contributed by atoms with Crippen LogP contribution in [0, 0.1) is 11.7 Å². The van der Waals surface area contributed by atoms with Crippen LogP contribution in [0.4, 0.5) is 4.39 Å². The zero-order valence-corrected chi connectivity index (χ0v) is 25.6. The number of sulfonamides is 1. The van der Waals surface area contributed by atoms with E-state index in [1.807, 2.05) is 30.6 Å². The second kappa shape index (κ2) is 12.1. The molecule has 7 rings (SSSR count). The average molecular weight is 625 g/mol. The van der Waals surface area contributed by atoms with Crippen LogP contribution in [0.1, 0.15) is 36.8 Å². The highest BCUT2D eigenvalue weighted by Crippen LogP contribution is 2.34.